The van der Waals surface area contributed by atoms with Gasteiger partial charge in [-0.05, 0) is 50.9 Å². The number of piperidine rings is 1. The van der Waals surface area contributed by atoms with Gasteiger partial charge in [-0.15, -0.1) is 24.0 Å². The van der Waals surface area contributed by atoms with Crippen molar-refractivity contribution in [1.29, 1.82) is 0 Å². The summed E-state index contributed by atoms with van der Waals surface area (Å²) < 4.78 is 5.69. The maximum Gasteiger partial charge on any atom is 0.191 e. The van der Waals surface area contributed by atoms with E-state index in [-0.39, 0.29) is 30.0 Å². The number of halogens is 1. The molecule has 2 unspecified atom stereocenters. The molecule has 1 fully saturated rings. The number of nitrogens with one attached hydrogen (secondary N) is 2. The molecule has 1 aromatic rings. The van der Waals surface area contributed by atoms with Crippen LogP contribution in [0.2, 0.25) is 0 Å². The van der Waals surface area contributed by atoms with E-state index in [1.165, 1.54) is 19.3 Å². The summed E-state index contributed by atoms with van der Waals surface area (Å²) in [5.74, 6) is 2.46. The van der Waals surface area contributed by atoms with Crippen molar-refractivity contribution in [3.05, 3.63) is 24.2 Å². The molecule has 2 heterocycles. The van der Waals surface area contributed by atoms with Crippen molar-refractivity contribution in [2.45, 2.75) is 52.1 Å². The van der Waals surface area contributed by atoms with Crippen LogP contribution in [-0.4, -0.2) is 43.6 Å². The van der Waals surface area contributed by atoms with E-state index in [4.69, 9.17) is 4.42 Å². The minimum absolute atomic E-state index is 0. The maximum absolute atomic E-state index is 5.69. The van der Waals surface area contributed by atoms with Crippen molar-refractivity contribution in [3.63, 3.8) is 0 Å². The molecule has 0 spiro atoms. The molecule has 1 aromatic heterocycles. The Kier molecular flexibility index (Phi) is 9.73. The van der Waals surface area contributed by atoms with E-state index >= 15 is 0 Å². The molecule has 0 bridgehead atoms. The van der Waals surface area contributed by atoms with E-state index in [1.54, 1.807) is 6.26 Å². The number of guanidine groups is 1. The van der Waals surface area contributed by atoms with Gasteiger partial charge in [-0.1, -0.05) is 20.3 Å². The molecule has 24 heavy (non-hydrogen) atoms. The first-order valence-electron chi connectivity index (χ1n) is 8.86. The SMILES string of the molecule is CN=C(NCC(c1ccco1)N1CCCCC1)NC(C)C(C)C.I. The van der Waals surface area contributed by atoms with Crippen LogP contribution in [0.1, 0.15) is 51.8 Å². The molecule has 2 N–H and O–H groups in total. The van der Waals surface area contributed by atoms with Gasteiger partial charge < -0.3 is 15.1 Å². The molecule has 2 rings (SSSR count). The van der Waals surface area contributed by atoms with Gasteiger partial charge in [0.15, 0.2) is 5.96 Å². The van der Waals surface area contributed by atoms with E-state index in [1.807, 2.05) is 13.1 Å². The summed E-state index contributed by atoms with van der Waals surface area (Å²) in [4.78, 5) is 6.88. The molecule has 1 aliphatic rings. The highest BCUT2D eigenvalue weighted by atomic mass is 127. The molecule has 0 amide bonds. The van der Waals surface area contributed by atoms with Crippen molar-refractivity contribution >= 4 is 29.9 Å². The Balaban J connectivity index is 0.00000288. The Bertz CT molecular complexity index is 469. The number of likely N-dealkylation sites (tertiary alicyclic amines) is 1. The zero-order chi connectivity index (χ0) is 16.7. The largest absolute Gasteiger partial charge is 0.468 e. The van der Waals surface area contributed by atoms with Crippen LogP contribution >= 0.6 is 24.0 Å². The van der Waals surface area contributed by atoms with Crippen molar-refractivity contribution in [2.24, 2.45) is 10.9 Å². The molecule has 1 saturated heterocycles. The number of hydrogen-bond acceptors (Lipinski definition) is 3. The molecular weight excluding hydrogens is 415 g/mol. The third-order valence-electron chi connectivity index (χ3n) is 4.75. The van der Waals surface area contributed by atoms with Gasteiger partial charge in [0.2, 0.25) is 0 Å². The minimum atomic E-state index is 0. The van der Waals surface area contributed by atoms with Gasteiger partial charge in [-0.2, -0.15) is 0 Å². The van der Waals surface area contributed by atoms with Crippen molar-refractivity contribution in [1.82, 2.24) is 15.5 Å². The van der Waals surface area contributed by atoms with Crippen LogP contribution in [0.5, 0.6) is 0 Å². The van der Waals surface area contributed by atoms with Crippen molar-refractivity contribution in [2.75, 3.05) is 26.7 Å². The highest BCUT2D eigenvalue weighted by Crippen LogP contribution is 2.24. The summed E-state index contributed by atoms with van der Waals surface area (Å²) >= 11 is 0. The summed E-state index contributed by atoms with van der Waals surface area (Å²) in [5.41, 5.74) is 0. The fraction of sp³-hybridized carbons (Fsp3) is 0.722. The monoisotopic (exact) mass is 448 g/mol. The third kappa shape index (κ3) is 6.27. The van der Waals surface area contributed by atoms with Crippen molar-refractivity contribution < 1.29 is 4.42 Å². The summed E-state index contributed by atoms with van der Waals surface area (Å²) in [6.07, 6.45) is 5.65. The van der Waals surface area contributed by atoms with E-state index in [0.29, 0.717) is 12.0 Å². The van der Waals surface area contributed by atoms with Crippen LogP contribution in [0.15, 0.2) is 27.8 Å². The highest BCUT2D eigenvalue weighted by molar-refractivity contribution is 14.0. The van der Waals surface area contributed by atoms with Crippen LogP contribution in [0, 0.1) is 5.92 Å². The lowest BCUT2D eigenvalue weighted by Gasteiger charge is -2.34. The van der Waals surface area contributed by atoms with Crippen molar-refractivity contribution in [3.8, 4) is 0 Å². The number of aliphatic imine (C=N–C) groups is 1. The van der Waals surface area contributed by atoms with E-state index in [2.05, 4.69) is 47.4 Å². The van der Waals surface area contributed by atoms with E-state index < -0.39 is 0 Å². The molecule has 138 valence electrons. The van der Waals surface area contributed by atoms with Gasteiger partial charge in [-0.25, -0.2) is 0 Å². The first-order chi connectivity index (χ1) is 11.1. The van der Waals surface area contributed by atoms with Gasteiger partial charge in [0.25, 0.3) is 0 Å². The Hall–Kier alpha value is -0.760. The molecule has 0 aliphatic carbocycles. The van der Waals surface area contributed by atoms with Gasteiger partial charge in [0, 0.05) is 19.6 Å². The molecule has 2 atom stereocenters. The summed E-state index contributed by atoms with van der Waals surface area (Å²) in [6.45, 7) is 9.70. The summed E-state index contributed by atoms with van der Waals surface area (Å²) in [6, 6.07) is 4.70. The maximum atomic E-state index is 5.69. The predicted molar refractivity (Wildman–Crippen MR) is 111 cm³/mol. The second-order valence-electron chi connectivity index (χ2n) is 6.76. The predicted octanol–water partition coefficient (Wildman–Crippen LogP) is 3.63. The molecule has 0 radical (unpaired) electrons. The normalized spacial score (nSPS) is 18.8. The lowest BCUT2D eigenvalue weighted by Crippen LogP contribution is -2.47. The molecular formula is C18H33IN4O. The molecule has 1 aliphatic heterocycles. The smallest absolute Gasteiger partial charge is 0.191 e. The van der Waals surface area contributed by atoms with Gasteiger partial charge in [0.05, 0.1) is 12.3 Å². The highest BCUT2D eigenvalue weighted by Gasteiger charge is 2.24. The fourth-order valence-electron chi connectivity index (χ4n) is 2.89. The molecule has 6 heteroatoms. The molecule has 5 nitrogen and oxygen atoms in total. The lowest BCUT2D eigenvalue weighted by atomic mass is 10.1. The first kappa shape index (κ1) is 21.3. The van der Waals surface area contributed by atoms with Crippen LogP contribution in [0.3, 0.4) is 0 Å². The number of furan rings is 1. The summed E-state index contributed by atoms with van der Waals surface area (Å²) in [7, 11) is 1.82. The quantitative estimate of drug-likeness (QED) is 0.397. The summed E-state index contributed by atoms with van der Waals surface area (Å²) in [5, 5.41) is 6.94. The molecule has 0 aromatic carbocycles. The second kappa shape index (κ2) is 11.0. The average molecular weight is 448 g/mol. The fourth-order valence-corrected chi connectivity index (χ4v) is 2.89. The molecule has 0 saturated carbocycles. The Labute approximate surface area is 163 Å². The zero-order valence-electron chi connectivity index (χ0n) is 15.4. The average Bonchev–Trinajstić information content (AvgIpc) is 3.09. The lowest BCUT2D eigenvalue weighted by molar-refractivity contribution is 0.146. The van der Waals surface area contributed by atoms with Gasteiger partial charge in [0.1, 0.15) is 5.76 Å². The Morgan fingerprint density at radius 2 is 1.96 bits per heavy atom. The zero-order valence-corrected chi connectivity index (χ0v) is 17.7. The van der Waals surface area contributed by atoms with Crippen LogP contribution in [0.25, 0.3) is 0 Å². The minimum Gasteiger partial charge on any atom is -0.468 e. The number of nitrogens with zero attached hydrogens (tertiary/aromatic N) is 2. The van der Waals surface area contributed by atoms with Crippen LogP contribution in [0.4, 0.5) is 0 Å². The Morgan fingerprint density at radius 3 is 2.50 bits per heavy atom. The number of rotatable bonds is 6. The topological polar surface area (TPSA) is 52.8 Å². The van der Waals surface area contributed by atoms with Crippen LogP contribution < -0.4 is 10.6 Å². The Morgan fingerprint density at radius 1 is 1.25 bits per heavy atom. The third-order valence-corrected chi connectivity index (χ3v) is 4.75. The van der Waals surface area contributed by atoms with E-state index in [9.17, 15) is 0 Å². The number of hydrogen-bond donors (Lipinski definition) is 2. The van der Waals surface area contributed by atoms with Gasteiger partial charge >= 0.3 is 0 Å². The standard InChI is InChI=1S/C18H32N4O.HI/c1-14(2)15(3)21-18(19-4)20-13-16(17-9-8-12-23-17)22-10-6-5-7-11-22;/h8-9,12,14-16H,5-7,10-11,13H2,1-4H3,(H2,19,20,21);1H. The van der Waals surface area contributed by atoms with Gasteiger partial charge in [-0.3, -0.25) is 9.89 Å². The van der Waals surface area contributed by atoms with E-state index in [0.717, 1.165) is 31.4 Å². The first-order valence-corrected chi connectivity index (χ1v) is 8.86. The van der Waals surface area contributed by atoms with Crippen LogP contribution in [-0.2, 0) is 0 Å². The second-order valence-corrected chi connectivity index (χ2v) is 6.76.